The Morgan fingerprint density at radius 3 is 2.59 bits per heavy atom. The highest BCUT2D eigenvalue weighted by atomic mass is 35.5. The van der Waals surface area contributed by atoms with Gasteiger partial charge in [-0.1, -0.05) is 41.9 Å². The number of carbonyl (C=O) groups excluding carboxylic acids is 1. The van der Waals surface area contributed by atoms with Crippen LogP contribution in [-0.2, 0) is 0 Å². The molecule has 0 radical (unpaired) electrons. The molecule has 2 aromatic carbocycles. The molecule has 5 heteroatoms. The zero-order valence-electron chi connectivity index (χ0n) is 12.4. The second-order valence-electron chi connectivity index (χ2n) is 5.13. The Morgan fingerprint density at radius 1 is 1.27 bits per heavy atom. The molecule has 2 aromatic rings. The molecule has 0 aliphatic heterocycles. The molecule has 1 unspecified atom stereocenters. The van der Waals surface area contributed by atoms with Crippen LogP contribution < -0.4 is 10.6 Å². The minimum Gasteiger partial charge on any atom is -0.390 e. The third-order valence-corrected chi connectivity index (χ3v) is 3.64. The zero-order chi connectivity index (χ0) is 16.1. The minimum absolute atomic E-state index is 0.104. The molecule has 22 heavy (non-hydrogen) atoms. The van der Waals surface area contributed by atoms with Crippen LogP contribution in [0.1, 0.15) is 15.9 Å². The lowest BCUT2D eigenvalue weighted by molar-refractivity contribution is 0.103. The van der Waals surface area contributed by atoms with Gasteiger partial charge in [-0.25, -0.2) is 0 Å². The number of nitrogens with two attached hydrogens (primary N) is 1. The van der Waals surface area contributed by atoms with Crippen molar-refractivity contribution in [2.24, 2.45) is 5.73 Å². The van der Waals surface area contributed by atoms with Crippen LogP contribution in [0.2, 0.25) is 5.02 Å². The molecule has 4 nitrogen and oxygen atoms in total. The maximum atomic E-state index is 12.7. The van der Waals surface area contributed by atoms with Gasteiger partial charge in [0.2, 0.25) is 0 Å². The summed E-state index contributed by atoms with van der Waals surface area (Å²) >= 11 is 6.05. The zero-order valence-corrected chi connectivity index (χ0v) is 13.1. The van der Waals surface area contributed by atoms with Gasteiger partial charge in [-0.05, 0) is 18.2 Å². The molecule has 0 bridgehead atoms. The summed E-state index contributed by atoms with van der Waals surface area (Å²) in [5.41, 5.74) is 7.26. The van der Waals surface area contributed by atoms with Crippen molar-refractivity contribution in [3.63, 3.8) is 0 Å². The maximum absolute atomic E-state index is 12.7. The largest absolute Gasteiger partial charge is 0.390 e. The fourth-order valence-electron chi connectivity index (χ4n) is 2.26. The van der Waals surface area contributed by atoms with Gasteiger partial charge in [-0.3, -0.25) is 4.79 Å². The average Bonchev–Trinajstić information content (AvgIpc) is 2.54. The van der Waals surface area contributed by atoms with Crippen LogP contribution in [-0.4, -0.2) is 37.1 Å². The first-order valence-corrected chi connectivity index (χ1v) is 7.39. The van der Waals surface area contributed by atoms with E-state index in [-0.39, 0.29) is 12.3 Å². The second-order valence-corrected chi connectivity index (χ2v) is 5.56. The Morgan fingerprint density at radius 2 is 1.95 bits per heavy atom. The predicted molar refractivity (Wildman–Crippen MR) is 89.7 cm³/mol. The predicted octanol–water partition coefficient (Wildman–Crippen LogP) is 2.33. The molecule has 0 heterocycles. The standard InChI is InChI=1S/C17H19ClN2O2/c1-20(11-14(21)10-19)16-8-7-13(18)9-15(16)17(22)12-5-3-2-4-6-12/h2-9,14,21H,10-11,19H2,1H3. The molecule has 0 aromatic heterocycles. The van der Waals surface area contributed by atoms with Gasteiger partial charge < -0.3 is 15.7 Å². The summed E-state index contributed by atoms with van der Waals surface area (Å²) in [5.74, 6) is -0.104. The van der Waals surface area contributed by atoms with Gasteiger partial charge in [-0.15, -0.1) is 0 Å². The van der Waals surface area contributed by atoms with E-state index in [0.717, 1.165) is 0 Å². The van der Waals surface area contributed by atoms with Crippen LogP contribution in [0.15, 0.2) is 48.5 Å². The van der Waals surface area contributed by atoms with Crippen LogP contribution in [0.3, 0.4) is 0 Å². The van der Waals surface area contributed by atoms with E-state index in [2.05, 4.69) is 0 Å². The van der Waals surface area contributed by atoms with Crippen molar-refractivity contribution in [3.8, 4) is 0 Å². The Bertz CT molecular complexity index is 646. The molecule has 1 atom stereocenters. The highest BCUT2D eigenvalue weighted by molar-refractivity contribution is 6.31. The average molecular weight is 319 g/mol. The third-order valence-electron chi connectivity index (χ3n) is 3.41. The molecular formula is C17H19ClN2O2. The Balaban J connectivity index is 2.38. The van der Waals surface area contributed by atoms with E-state index in [9.17, 15) is 9.90 Å². The SMILES string of the molecule is CN(CC(O)CN)c1ccc(Cl)cc1C(=O)c1ccccc1. The topological polar surface area (TPSA) is 66.6 Å². The minimum atomic E-state index is -0.652. The summed E-state index contributed by atoms with van der Waals surface area (Å²) < 4.78 is 0. The lowest BCUT2D eigenvalue weighted by atomic mass is 10.0. The van der Waals surface area contributed by atoms with Crippen LogP contribution in [0, 0.1) is 0 Å². The number of ketones is 1. The summed E-state index contributed by atoms with van der Waals surface area (Å²) in [7, 11) is 1.81. The quantitative estimate of drug-likeness (QED) is 0.802. The van der Waals surface area contributed by atoms with Gasteiger partial charge in [0.05, 0.1) is 6.10 Å². The van der Waals surface area contributed by atoms with Crippen molar-refractivity contribution < 1.29 is 9.90 Å². The Hall–Kier alpha value is -1.88. The summed E-state index contributed by atoms with van der Waals surface area (Å²) in [6.45, 7) is 0.507. The molecule has 0 spiro atoms. The van der Waals surface area contributed by atoms with E-state index in [1.165, 1.54) is 0 Å². The van der Waals surface area contributed by atoms with Crippen LogP contribution in [0.25, 0.3) is 0 Å². The molecule has 0 aliphatic rings. The fourth-order valence-corrected chi connectivity index (χ4v) is 2.43. The van der Waals surface area contributed by atoms with E-state index in [1.807, 2.05) is 30.1 Å². The van der Waals surface area contributed by atoms with Gasteiger partial charge in [0.1, 0.15) is 0 Å². The highest BCUT2D eigenvalue weighted by Gasteiger charge is 2.18. The van der Waals surface area contributed by atoms with E-state index < -0.39 is 6.10 Å². The van der Waals surface area contributed by atoms with Gasteiger partial charge >= 0.3 is 0 Å². The fraction of sp³-hybridized carbons (Fsp3) is 0.235. The normalized spacial score (nSPS) is 12.0. The number of hydrogen-bond donors (Lipinski definition) is 2. The number of anilines is 1. The van der Waals surface area contributed by atoms with Crippen LogP contribution in [0.5, 0.6) is 0 Å². The van der Waals surface area contributed by atoms with E-state index in [0.29, 0.717) is 28.4 Å². The first-order chi connectivity index (χ1) is 10.5. The summed E-state index contributed by atoms with van der Waals surface area (Å²) in [6.07, 6.45) is -0.652. The molecular weight excluding hydrogens is 300 g/mol. The first kappa shape index (κ1) is 16.5. The highest BCUT2D eigenvalue weighted by Crippen LogP contribution is 2.26. The molecule has 116 valence electrons. The van der Waals surface area contributed by atoms with Gasteiger partial charge in [0.15, 0.2) is 5.78 Å². The van der Waals surface area contributed by atoms with Crippen molar-refractivity contribution in [1.29, 1.82) is 0 Å². The van der Waals surface area contributed by atoms with Gasteiger partial charge in [-0.2, -0.15) is 0 Å². The number of benzene rings is 2. The maximum Gasteiger partial charge on any atom is 0.195 e. The van der Waals surface area contributed by atoms with Crippen molar-refractivity contribution in [2.75, 3.05) is 25.0 Å². The third kappa shape index (κ3) is 3.85. The number of halogens is 1. The summed E-state index contributed by atoms with van der Waals surface area (Å²) in [5, 5.41) is 10.2. The van der Waals surface area contributed by atoms with E-state index >= 15 is 0 Å². The summed E-state index contributed by atoms with van der Waals surface area (Å²) in [6, 6.07) is 14.2. The summed E-state index contributed by atoms with van der Waals surface area (Å²) in [4.78, 5) is 14.5. The van der Waals surface area contributed by atoms with E-state index in [4.69, 9.17) is 17.3 Å². The molecule has 2 rings (SSSR count). The van der Waals surface area contributed by atoms with Crippen molar-refractivity contribution in [3.05, 3.63) is 64.7 Å². The first-order valence-electron chi connectivity index (χ1n) is 7.01. The number of rotatable bonds is 6. The number of hydrogen-bond acceptors (Lipinski definition) is 4. The Kier molecular flexibility index (Phi) is 5.55. The van der Waals surface area contributed by atoms with Crippen molar-refractivity contribution in [1.82, 2.24) is 0 Å². The number of aliphatic hydroxyl groups is 1. The monoisotopic (exact) mass is 318 g/mol. The molecule has 0 aliphatic carbocycles. The Labute approximate surface area is 135 Å². The molecule has 0 saturated heterocycles. The molecule has 0 saturated carbocycles. The second kappa shape index (κ2) is 7.40. The van der Waals surface area contributed by atoms with E-state index in [1.54, 1.807) is 30.3 Å². The van der Waals surface area contributed by atoms with Crippen molar-refractivity contribution >= 4 is 23.1 Å². The smallest absolute Gasteiger partial charge is 0.195 e. The molecule has 3 N–H and O–H groups in total. The lowest BCUT2D eigenvalue weighted by Gasteiger charge is -2.24. The number of likely N-dealkylation sites (N-methyl/N-ethyl adjacent to an activating group) is 1. The number of nitrogens with zero attached hydrogens (tertiary/aromatic N) is 1. The number of aliphatic hydroxyl groups excluding tert-OH is 1. The lowest BCUT2D eigenvalue weighted by Crippen LogP contribution is -2.34. The van der Waals surface area contributed by atoms with Gasteiger partial charge in [0, 0.05) is 42.0 Å². The molecule has 0 fully saturated rings. The van der Waals surface area contributed by atoms with Crippen LogP contribution in [0.4, 0.5) is 5.69 Å². The van der Waals surface area contributed by atoms with Crippen LogP contribution >= 0.6 is 11.6 Å². The number of carbonyl (C=O) groups is 1. The molecule has 0 amide bonds. The van der Waals surface area contributed by atoms with Crippen molar-refractivity contribution in [2.45, 2.75) is 6.10 Å². The van der Waals surface area contributed by atoms with Gasteiger partial charge in [0.25, 0.3) is 0 Å².